The Bertz CT molecular complexity index is 809. The molecule has 7 heteroatoms. The summed E-state index contributed by atoms with van der Waals surface area (Å²) in [6.07, 6.45) is -0.551. The number of ether oxygens (including phenoxy) is 3. The lowest BCUT2D eigenvalue weighted by Crippen LogP contribution is -2.33. The molecule has 0 aromatic heterocycles. The summed E-state index contributed by atoms with van der Waals surface area (Å²) in [5, 5.41) is 2.13. The van der Waals surface area contributed by atoms with E-state index in [1.807, 2.05) is 42.5 Å². The third kappa shape index (κ3) is 3.85. The summed E-state index contributed by atoms with van der Waals surface area (Å²) in [5.41, 5.74) is 0.957. The van der Waals surface area contributed by atoms with Crippen LogP contribution in [0.25, 0.3) is 10.8 Å². The van der Waals surface area contributed by atoms with Crippen LogP contribution in [-0.2, 0) is 18.8 Å². The van der Waals surface area contributed by atoms with Crippen molar-refractivity contribution >= 4 is 18.4 Å². The Morgan fingerprint density at radius 3 is 2.40 bits per heavy atom. The van der Waals surface area contributed by atoms with Gasteiger partial charge in [0, 0.05) is 20.0 Å². The molecule has 4 atom stereocenters. The Morgan fingerprint density at radius 2 is 1.72 bits per heavy atom. The van der Waals surface area contributed by atoms with Crippen molar-refractivity contribution < 1.29 is 28.6 Å². The second-order valence-corrected chi connectivity index (χ2v) is 7.40. The molecule has 0 saturated carbocycles. The van der Waals surface area contributed by atoms with Crippen molar-refractivity contribution in [3.8, 4) is 0 Å². The molecular weight excluding hydrogens is 343 g/mol. The maximum atomic E-state index is 11.1. The molecule has 6 nitrogen and oxygen atoms in total. The average molecular weight is 364 g/mol. The number of hydrogen-bond donors (Lipinski definition) is 2. The summed E-state index contributed by atoms with van der Waals surface area (Å²) >= 11 is 0. The molecule has 0 aliphatic carbocycles. The third-order valence-electron chi connectivity index (χ3n) is 4.39. The highest BCUT2D eigenvalue weighted by atomic mass is 31.2. The van der Waals surface area contributed by atoms with Gasteiger partial charge in [-0.1, -0.05) is 42.5 Å². The lowest BCUT2D eigenvalue weighted by atomic mass is 9.96. The molecule has 3 rings (SSSR count). The van der Waals surface area contributed by atoms with Crippen molar-refractivity contribution in [3.05, 3.63) is 59.9 Å². The molecule has 0 bridgehead atoms. The molecule has 0 unspecified atom stereocenters. The topological polar surface area (TPSA) is 85.2 Å². The monoisotopic (exact) mass is 364 g/mol. The first-order valence-electron chi connectivity index (χ1n) is 7.88. The van der Waals surface area contributed by atoms with Crippen LogP contribution < -0.4 is 0 Å². The minimum absolute atomic E-state index is 0.401. The van der Waals surface area contributed by atoms with Gasteiger partial charge in [0.2, 0.25) is 0 Å². The van der Waals surface area contributed by atoms with E-state index >= 15 is 0 Å². The largest absolute Gasteiger partial charge is 0.376 e. The standard InChI is InChI=1S/C18H21O6P/c1-22-17-15(10-11-25(19,20)21)24-16(18(17)23-2)14-9-5-7-12-6-3-4-8-13(12)14/h3-11,15-18H,1-2H3,(H2,19,20,21)/b11-10+/t15-,16+,17-,18+/m1/s1. The number of benzene rings is 2. The number of rotatable bonds is 5. The van der Waals surface area contributed by atoms with E-state index in [4.69, 9.17) is 24.0 Å². The minimum atomic E-state index is -4.27. The molecule has 134 valence electrons. The molecule has 1 aliphatic heterocycles. The van der Waals surface area contributed by atoms with Gasteiger partial charge in [0.15, 0.2) is 0 Å². The molecule has 1 heterocycles. The van der Waals surface area contributed by atoms with Crippen molar-refractivity contribution in [1.29, 1.82) is 0 Å². The molecule has 2 N–H and O–H groups in total. The van der Waals surface area contributed by atoms with Crippen LogP contribution in [0.4, 0.5) is 0 Å². The van der Waals surface area contributed by atoms with Crippen molar-refractivity contribution in [2.45, 2.75) is 24.4 Å². The van der Waals surface area contributed by atoms with Gasteiger partial charge in [-0.15, -0.1) is 0 Å². The van der Waals surface area contributed by atoms with Crippen molar-refractivity contribution in [2.24, 2.45) is 0 Å². The predicted molar refractivity (Wildman–Crippen MR) is 94.3 cm³/mol. The molecule has 1 fully saturated rings. The maximum absolute atomic E-state index is 11.1. The molecule has 25 heavy (non-hydrogen) atoms. The number of methoxy groups -OCH3 is 2. The summed E-state index contributed by atoms with van der Waals surface area (Å²) in [5.74, 6) is 0.849. The average Bonchev–Trinajstić information content (AvgIpc) is 2.96. The van der Waals surface area contributed by atoms with E-state index in [1.54, 1.807) is 7.11 Å². The van der Waals surface area contributed by atoms with Gasteiger partial charge in [0.25, 0.3) is 0 Å². The van der Waals surface area contributed by atoms with Gasteiger partial charge in [-0.05, 0) is 22.4 Å². The SMILES string of the molecule is CO[C@@H]1[C@H](OC)[C@@H](/C=C/P(=O)(O)O)O[C@H]1c1cccc2ccccc12. The summed E-state index contributed by atoms with van der Waals surface area (Å²) in [6, 6.07) is 13.9. The van der Waals surface area contributed by atoms with E-state index < -0.39 is 32.0 Å². The fraction of sp³-hybridized carbons (Fsp3) is 0.333. The van der Waals surface area contributed by atoms with Crippen LogP contribution in [0, 0.1) is 0 Å². The Balaban J connectivity index is 2.00. The fourth-order valence-corrected chi connectivity index (χ4v) is 3.70. The molecule has 0 spiro atoms. The highest BCUT2D eigenvalue weighted by Crippen LogP contribution is 2.42. The Labute approximate surface area is 146 Å². The van der Waals surface area contributed by atoms with Gasteiger partial charge in [0.05, 0.1) is 0 Å². The lowest BCUT2D eigenvalue weighted by Gasteiger charge is -2.22. The van der Waals surface area contributed by atoms with Crippen LogP contribution in [0.3, 0.4) is 0 Å². The van der Waals surface area contributed by atoms with E-state index in [1.165, 1.54) is 13.2 Å². The van der Waals surface area contributed by atoms with E-state index in [2.05, 4.69) is 0 Å². The van der Waals surface area contributed by atoms with Gasteiger partial charge in [0.1, 0.15) is 24.4 Å². The molecule has 0 radical (unpaired) electrons. The highest BCUT2D eigenvalue weighted by Gasteiger charge is 2.45. The van der Waals surface area contributed by atoms with Crippen LogP contribution in [0.15, 0.2) is 54.4 Å². The zero-order valence-corrected chi connectivity index (χ0v) is 14.9. The third-order valence-corrected chi connectivity index (χ3v) is 4.95. The Hall–Kier alpha value is -1.53. The van der Waals surface area contributed by atoms with E-state index in [0.717, 1.165) is 22.2 Å². The van der Waals surface area contributed by atoms with Gasteiger partial charge in [-0.3, -0.25) is 4.57 Å². The highest BCUT2D eigenvalue weighted by molar-refractivity contribution is 7.55. The van der Waals surface area contributed by atoms with Gasteiger partial charge < -0.3 is 24.0 Å². The van der Waals surface area contributed by atoms with Crippen LogP contribution in [0.2, 0.25) is 0 Å². The van der Waals surface area contributed by atoms with Crippen molar-refractivity contribution in [2.75, 3.05) is 14.2 Å². The summed E-state index contributed by atoms with van der Waals surface area (Å²) in [6.45, 7) is 0. The second kappa shape index (κ2) is 7.38. The molecule has 2 aromatic rings. The van der Waals surface area contributed by atoms with E-state index in [-0.39, 0.29) is 0 Å². The molecule has 1 saturated heterocycles. The van der Waals surface area contributed by atoms with E-state index in [9.17, 15) is 4.57 Å². The van der Waals surface area contributed by atoms with Crippen LogP contribution >= 0.6 is 7.60 Å². The van der Waals surface area contributed by atoms with Crippen LogP contribution in [0.1, 0.15) is 11.7 Å². The first kappa shape index (κ1) is 18.3. The van der Waals surface area contributed by atoms with Crippen LogP contribution in [-0.4, -0.2) is 42.3 Å². The smallest absolute Gasteiger partial charge is 0.348 e. The van der Waals surface area contributed by atoms with Crippen LogP contribution in [0.5, 0.6) is 0 Å². The van der Waals surface area contributed by atoms with Crippen molar-refractivity contribution in [1.82, 2.24) is 0 Å². The van der Waals surface area contributed by atoms with Gasteiger partial charge in [-0.25, -0.2) is 0 Å². The zero-order chi connectivity index (χ0) is 18.0. The first-order valence-corrected chi connectivity index (χ1v) is 9.56. The van der Waals surface area contributed by atoms with E-state index in [0.29, 0.717) is 0 Å². The normalized spacial score (nSPS) is 27.4. The molecule has 2 aromatic carbocycles. The molecule has 0 amide bonds. The van der Waals surface area contributed by atoms with Gasteiger partial charge >= 0.3 is 7.60 Å². The van der Waals surface area contributed by atoms with Gasteiger partial charge in [-0.2, -0.15) is 0 Å². The summed E-state index contributed by atoms with van der Waals surface area (Å²) in [7, 11) is -1.16. The minimum Gasteiger partial charge on any atom is -0.376 e. The molecular formula is C18H21O6P. The zero-order valence-electron chi connectivity index (χ0n) is 14.0. The second-order valence-electron chi connectivity index (χ2n) is 5.92. The first-order chi connectivity index (χ1) is 11.9. The lowest BCUT2D eigenvalue weighted by molar-refractivity contribution is -0.0261. The molecule has 1 aliphatic rings. The Kier molecular flexibility index (Phi) is 5.39. The summed E-state index contributed by atoms with van der Waals surface area (Å²) < 4.78 is 28.3. The number of hydrogen-bond acceptors (Lipinski definition) is 4. The fourth-order valence-electron chi connectivity index (χ4n) is 3.31. The number of fused-ring (bicyclic) bond motifs is 1. The summed E-state index contributed by atoms with van der Waals surface area (Å²) in [4.78, 5) is 18.2. The van der Waals surface area contributed by atoms with Crippen molar-refractivity contribution in [3.63, 3.8) is 0 Å². The Morgan fingerprint density at radius 1 is 1.04 bits per heavy atom. The quantitative estimate of drug-likeness (QED) is 0.794. The predicted octanol–water partition coefficient (Wildman–Crippen LogP) is 3.00. The maximum Gasteiger partial charge on any atom is 0.348 e.